The van der Waals surface area contributed by atoms with Gasteiger partial charge >= 0.3 is 5.97 Å². The molecule has 4 nitrogen and oxygen atoms in total. The number of benzene rings is 2. The zero-order chi connectivity index (χ0) is 22.4. The van der Waals surface area contributed by atoms with E-state index in [1.807, 2.05) is 36.4 Å². The Bertz CT molecular complexity index is 1100. The molecule has 1 aliphatic rings. The second kappa shape index (κ2) is 9.99. The van der Waals surface area contributed by atoms with Crippen molar-refractivity contribution in [1.82, 2.24) is 4.98 Å². The minimum absolute atomic E-state index is 0.223. The van der Waals surface area contributed by atoms with E-state index in [1.54, 1.807) is 0 Å². The van der Waals surface area contributed by atoms with E-state index in [4.69, 9.17) is 14.5 Å². The fourth-order valence-electron chi connectivity index (χ4n) is 4.78. The molecule has 0 saturated heterocycles. The molecule has 4 heteroatoms. The lowest BCUT2D eigenvalue weighted by Gasteiger charge is -2.34. The van der Waals surface area contributed by atoms with Gasteiger partial charge in [0.05, 0.1) is 11.2 Å². The van der Waals surface area contributed by atoms with Gasteiger partial charge in [-0.3, -0.25) is 4.79 Å². The fourth-order valence-corrected chi connectivity index (χ4v) is 4.78. The van der Waals surface area contributed by atoms with E-state index >= 15 is 0 Å². The van der Waals surface area contributed by atoms with Gasteiger partial charge in [0.2, 0.25) is 0 Å². The van der Waals surface area contributed by atoms with Gasteiger partial charge in [0.25, 0.3) is 0 Å². The summed E-state index contributed by atoms with van der Waals surface area (Å²) in [5.74, 6) is 0.561. The zero-order valence-corrected chi connectivity index (χ0v) is 18.8. The average molecular weight is 430 g/mol. The molecule has 0 unspecified atom stereocenters. The van der Waals surface area contributed by atoms with Gasteiger partial charge in [-0.1, -0.05) is 49.2 Å². The molecule has 4 rings (SSSR count). The van der Waals surface area contributed by atoms with Gasteiger partial charge in [-0.15, -0.1) is 6.58 Å². The van der Waals surface area contributed by atoms with Gasteiger partial charge in [-0.25, -0.2) is 4.98 Å². The van der Waals surface area contributed by atoms with Crippen LogP contribution in [0.5, 0.6) is 5.75 Å². The second-order valence-corrected chi connectivity index (χ2v) is 8.60. The van der Waals surface area contributed by atoms with Crippen molar-refractivity contribution in [3.05, 3.63) is 84.1 Å². The molecule has 1 aromatic heterocycles. The van der Waals surface area contributed by atoms with Crippen LogP contribution in [0.15, 0.2) is 67.3 Å². The molecule has 2 aromatic carbocycles. The molecule has 0 radical (unpaired) electrons. The molecular formula is C28H31NO3. The summed E-state index contributed by atoms with van der Waals surface area (Å²) in [6.45, 7) is 5.84. The molecule has 1 aliphatic carbocycles. The number of pyridine rings is 1. The number of para-hydroxylation sites is 1. The summed E-state index contributed by atoms with van der Waals surface area (Å²) in [4.78, 5) is 16.7. The Labute approximate surface area is 190 Å². The second-order valence-electron chi connectivity index (χ2n) is 8.60. The van der Waals surface area contributed by atoms with Gasteiger partial charge in [-0.05, 0) is 67.5 Å². The molecule has 32 heavy (non-hydrogen) atoms. The fraction of sp³-hybridized carbons (Fsp3) is 0.357. The van der Waals surface area contributed by atoms with E-state index in [9.17, 15) is 4.79 Å². The minimum atomic E-state index is -0.556. The predicted molar refractivity (Wildman–Crippen MR) is 128 cm³/mol. The van der Waals surface area contributed by atoms with Gasteiger partial charge in [0.1, 0.15) is 18.0 Å². The van der Waals surface area contributed by atoms with Gasteiger partial charge in [0.15, 0.2) is 0 Å². The summed E-state index contributed by atoms with van der Waals surface area (Å²) < 4.78 is 12.1. The number of carbonyl (C=O) groups is 1. The number of aromatic nitrogens is 1. The molecule has 0 atom stereocenters. The lowest BCUT2D eigenvalue weighted by atomic mass is 9.82. The third kappa shape index (κ3) is 5.01. The van der Waals surface area contributed by atoms with Crippen LogP contribution >= 0.6 is 0 Å². The Balaban J connectivity index is 1.59. The molecule has 166 valence electrons. The third-order valence-corrected chi connectivity index (χ3v) is 6.22. The van der Waals surface area contributed by atoms with Crippen LogP contribution < -0.4 is 4.74 Å². The Morgan fingerprint density at radius 2 is 1.84 bits per heavy atom. The zero-order valence-electron chi connectivity index (χ0n) is 18.8. The Morgan fingerprint density at radius 3 is 2.59 bits per heavy atom. The number of ether oxygens (including phenoxy) is 2. The van der Waals surface area contributed by atoms with Crippen LogP contribution in [0, 0.1) is 0 Å². The molecule has 0 bridgehead atoms. The molecule has 0 spiro atoms. The SMILES string of the molecule is C=CCc1cc(OCc2ccc3ccccc3n2)ccc1C1(OC(C)=O)CCCCCC1. The van der Waals surface area contributed by atoms with Crippen molar-refractivity contribution >= 4 is 16.9 Å². The highest BCUT2D eigenvalue weighted by Crippen LogP contribution is 2.42. The molecule has 1 saturated carbocycles. The lowest BCUT2D eigenvalue weighted by molar-refractivity contribution is -0.160. The summed E-state index contributed by atoms with van der Waals surface area (Å²) in [6.07, 6.45) is 8.80. The smallest absolute Gasteiger partial charge is 0.303 e. The van der Waals surface area contributed by atoms with E-state index in [0.29, 0.717) is 13.0 Å². The van der Waals surface area contributed by atoms with Crippen LogP contribution in [0.3, 0.4) is 0 Å². The molecule has 1 heterocycles. The van der Waals surface area contributed by atoms with Crippen LogP contribution in [0.2, 0.25) is 0 Å². The molecular weight excluding hydrogens is 398 g/mol. The van der Waals surface area contributed by atoms with E-state index in [0.717, 1.165) is 59.2 Å². The number of nitrogens with zero attached hydrogens (tertiary/aromatic N) is 1. The molecule has 0 N–H and O–H groups in total. The third-order valence-electron chi connectivity index (χ3n) is 6.22. The minimum Gasteiger partial charge on any atom is -0.487 e. The predicted octanol–water partition coefficient (Wildman–Crippen LogP) is 6.65. The van der Waals surface area contributed by atoms with Crippen molar-refractivity contribution in [2.24, 2.45) is 0 Å². The van der Waals surface area contributed by atoms with Crippen LogP contribution in [-0.2, 0) is 28.2 Å². The van der Waals surface area contributed by atoms with Gasteiger partial charge in [0, 0.05) is 12.3 Å². The summed E-state index contributed by atoms with van der Waals surface area (Å²) in [6, 6.07) is 18.3. The van der Waals surface area contributed by atoms with E-state index in [-0.39, 0.29) is 5.97 Å². The molecule has 1 fully saturated rings. The first kappa shape index (κ1) is 22.1. The summed E-state index contributed by atoms with van der Waals surface area (Å²) in [5, 5.41) is 1.12. The molecule has 0 aliphatic heterocycles. The maximum atomic E-state index is 12.0. The lowest BCUT2D eigenvalue weighted by Crippen LogP contribution is -2.32. The number of carbonyl (C=O) groups excluding carboxylic acids is 1. The average Bonchev–Trinajstić information content (AvgIpc) is 3.03. The van der Waals surface area contributed by atoms with Crippen LogP contribution in [0.4, 0.5) is 0 Å². The maximum Gasteiger partial charge on any atom is 0.303 e. The topological polar surface area (TPSA) is 48.4 Å². The number of hydrogen-bond acceptors (Lipinski definition) is 4. The number of hydrogen-bond donors (Lipinski definition) is 0. The van der Waals surface area contributed by atoms with E-state index < -0.39 is 5.60 Å². The Morgan fingerprint density at radius 1 is 1.06 bits per heavy atom. The molecule has 0 amide bonds. The normalized spacial score (nSPS) is 15.7. The number of esters is 1. The first-order valence-electron chi connectivity index (χ1n) is 11.5. The van der Waals surface area contributed by atoms with Crippen molar-refractivity contribution in [2.45, 2.75) is 64.1 Å². The van der Waals surface area contributed by atoms with Crippen molar-refractivity contribution in [3.8, 4) is 5.75 Å². The number of rotatable bonds is 7. The number of allylic oxidation sites excluding steroid dienone is 1. The number of fused-ring (bicyclic) bond motifs is 1. The quantitative estimate of drug-likeness (QED) is 0.239. The highest BCUT2D eigenvalue weighted by Gasteiger charge is 2.37. The first-order valence-corrected chi connectivity index (χ1v) is 11.5. The Kier molecular flexibility index (Phi) is 6.89. The van der Waals surface area contributed by atoms with Gasteiger partial charge in [-0.2, -0.15) is 0 Å². The largest absolute Gasteiger partial charge is 0.487 e. The van der Waals surface area contributed by atoms with E-state index in [1.165, 1.54) is 19.8 Å². The van der Waals surface area contributed by atoms with Crippen molar-refractivity contribution < 1.29 is 14.3 Å². The molecule has 3 aromatic rings. The standard InChI is InChI=1S/C28H31NO3/c1-3-10-23-19-25(31-20-24-14-13-22-11-6-7-12-27(22)29-24)15-16-26(23)28(32-21(2)30)17-8-4-5-9-18-28/h3,6-7,11-16,19H,1,4-5,8-10,17-18,20H2,2H3. The van der Waals surface area contributed by atoms with E-state index in [2.05, 4.69) is 30.8 Å². The maximum absolute atomic E-state index is 12.0. The van der Waals surface area contributed by atoms with Crippen LogP contribution in [0.1, 0.15) is 62.3 Å². The highest BCUT2D eigenvalue weighted by molar-refractivity contribution is 5.78. The van der Waals surface area contributed by atoms with Crippen molar-refractivity contribution in [2.75, 3.05) is 0 Å². The summed E-state index contributed by atoms with van der Waals surface area (Å²) >= 11 is 0. The van der Waals surface area contributed by atoms with Gasteiger partial charge < -0.3 is 9.47 Å². The van der Waals surface area contributed by atoms with Crippen molar-refractivity contribution in [3.63, 3.8) is 0 Å². The first-order chi connectivity index (χ1) is 15.6. The van der Waals surface area contributed by atoms with Crippen LogP contribution in [-0.4, -0.2) is 11.0 Å². The Hall–Kier alpha value is -3.14. The monoisotopic (exact) mass is 429 g/mol. The highest BCUT2D eigenvalue weighted by atomic mass is 16.6. The summed E-state index contributed by atoms with van der Waals surface area (Å²) in [5.41, 5.74) is 3.49. The van der Waals surface area contributed by atoms with Crippen molar-refractivity contribution in [1.29, 1.82) is 0 Å². The van der Waals surface area contributed by atoms with Crippen LogP contribution in [0.25, 0.3) is 10.9 Å². The summed E-state index contributed by atoms with van der Waals surface area (Å²) in [7, 11) is 0.